The predicted octanol–water partition coefficient (Wildman–Crippen LogP) is 4.15. The Morgan fingerprint density at radius 3 is 2.38 bits per heavy atom. The second-order valence-corrected chi connectivity index (χ2v) is 8.36. The van der Waals surface area contributed by atoms with Crippen LogP contribution in [0.4, 0.5) is 0 Å². The first kappa shape index (κ1) is 15.8. The van der Waals surface area contributed by atoms with Crippen LogP contribution in [0.1, 0.15) is 57.2 Å². The predicted molar refractivity (Wildman–Crippen MR) is 98.0 cm³/mol. The van der Waals surface area contributed by atoms with Crippen molar-refractivity contribution in [1.82, 2.24) is 0 Å². The summed E-state index contributed by atoms with van der Waals surface area (Å²) in [5.41, 5.74) is 4.07. The van der Waals surface area contributed by atoms with Crippen molar-refractivity contribution in [3.8, 4) is 0 Å². The second-order valence-electron chi connectivity index (χ2n) is 8.36. The van der Waals surface area contributed by atoms with Crippen molar-refractivity contribution in [2.24, 2.45) is 4.99 Å². The zero-order chi connectivity index (χ0) is 17.5. The lowest BCUT2D eigenvalue weighted by atomic mass is 9.78. The van der Waals surface area contributed by atoms with Gasteiger partial charge in [0, 0.05) is 12.8 Å². The van der Waals surface area contributed by atoms with E-state index in [1.165, 1.54) is 21.9 Å². The van der Waals surface area contributed by atoms with Crippen molar-refractivity contribution in [1.29, 1.82) is 0 Å². The summed E-state index contributed by atoms with van der Waals surface area (Å²) in [6.45, 7) is 10.7. The van der Waals surface area contributed by atoms with Crippen LogP contribution in [0.2, 0.25) is 0 Å². The summed E-state index contributed by atoms with van der Waals surface area (Å²) in [6.07, 6.45) is 0. The lowest BCUT2D eigenvalue weighted by Gasteiger charge is -2.27. The number of fused-ring (bicyclic) bond motifs is 5. The Labute approximate surface area is 143 Å². The average molecular weight is 323 g/mol. The highest BCUT2D eigenvalue weighted by Crippen LogP contribution is 2.67. The van der Waals surface area contributed by atoms with E-state index in [1.54, 1.807) is 7.11 Å². The van der Waals surface area contributed by atoms with Crippen LogP contribution in [0.15, 0.2) is 35.3 Å². The minimum absolute atomic E-state index is 0.0385. The van der Waals surface area contributed by atoms with E-state index in [-0.39, 0.29) is 11.3 Å². The first-order chi connectivity index (χ1) is 11.1. The van der Waals surface area contributed by atoms with Crippen molar-refractivity contribution in [3.05, 3.63) is 47.0 Å². The van der Waals surface area contributed by atoms with Crippen molar-refractivity contribution in [2.75, 3.05) is 7.11 Å². The molecule has 3 nitrogen and oxygen atoms in total. The van der Waals surface area contributed by atoms with E-state index in [9.17, 15) is 5.11 Å². The molecular formula is C21H25NO2. The van der Waals surface area contributed by atoms with Gasteiger partial charge in [-0.05, 0) is 52.8 Å². The molecule has 1 N–H and O–H groups in total. The Balaban J connectivity index is 2.11. The summed E-state index contributed by atoms with van der Waals surface area (Å²) in [7, 11) is 1.57. The standard InChI is InChI=1S/C21H25NO2/c1-12-15-11-16(19(2,3)4)13-9-7-8-10-14(13)17(15)18-20(5,22-12)21(18,23)24-6/h7-11,18,23H,1-6H3. The fourth-order valence-electron chi connectivity index (χ4n) is 4.54. The highest BCUT2D eigenvalue weighted by Gasteiger charge is 2.78. The van der Waals surface area contributed by atoms with Crippen molar-refractivity contribution < 1.29 is 9.84 Å². The van der Waals surface area contributed by atoms with E-state index in [0.29, 0.717) is 0 Å². The first-order valence-corrected chi connectivity index (χ1v) is 8.55. The van der Waals surface area contributed by atoms with Gasteiger partial charge in [0.25, 0.3) is 0 Å². The van der Waals surface area contributed by atoms with Gasteiger partial charge in [0.2, 0.25) is 5.79 Å². The SMILES string of the molecule is COC1(O)C2c3c(cc(C(C)(C)C)c4ccccc34)C(C)=NC21C. The third kappa shape index (κ3) is 1.72. The van der Waals surface area contributed by atoms with Crippen LogP contribution in [0.3, 0.4) is 0 Å². The molecule has 4 rings (SSSR count). The van der Waals surface area contributed by atoms with Crippen molar-refractivity contribution in [2.45, 2.75) is 57.3 Å². The molecular weight excluding hydrogens is 298 g/mol. The van der Waals surface area contributed by atoms with Crippen LogP contribution in [-0.2, 0) is 10.2 Å². The minimum atomic E-state index is -1.22. The lowest BCUT2D eigenvalue weighted by molar-refractivity contribution is -0.119. The molecule has 1 aliphatic heterocycles. The maximum absolute atomic E-state index is 11.0. The summed E-state index contributed by atoms with van der Waals surface area (Å²) in [6, 6.07) is 10.8. The summed E-state index contributed by atoms with van der Waals surface area (Å²) in [4.78, 5) is 4.83. The third-order valence-corrected chi connectivity index (χ3v) is 5.88. The summed E-state index contributed by atoms with van der Waals surface area (Å²) in [5.74, 6) is -1.33. The number of benzene rings is 2. The largest absolute Gasteiger partial charge is 0.363 e. The number of methoxy groups -OCH3 is 1. The van der Waals surface area contributed by atoms with Gasteiger partial charge in [-0.25, -0.2) is 0 Å². The molecule has 0 aromatic heterocycles. The molecule has 2 aromatic rings. The number of hydrogen-bond acceptors (Lipinski definition) is 3. The summed E-state index contributed by atoms with van der Waals surface area (Å²) < 4.78 is 5.50. The average Bonchev–Trinajstić information content (AvgIpc) is 3.01. The van der Waals surface area contributed by atoms with E-state index in [4.69, 9.17) is 9.73 Å². The molecule has 126 valence electrons. The fourth-order valence-corrected chi connectivity index (χ4v) is 4.54. The maximum Gasteiger partial charge on any atom is 0.201 e. The smallest absolute Gasteiger partial charge is 0.201 e. The Morgan fingerprint density at radius 1 is 1.17 bits per heavy atom. The number of ether oxygens (including phenoxy) is 1. The topological polar surface area (TPSA) is 41.8 Å². The van der Waals surface area contributed by atoms with Gasteiger partial charge < -0.3 is 9.84 Å². The quantitative estimate of drug-likeness (QED) is 0.801. The van der Waals surface area contributed by atoms with E-state index in [2.05, 4.69) is 51.1 Å². The van der Waals surface area contributed by atoms with Gasteiger partial charge in [0.1, 0.15) is 5.54 Å². The van der Waals surface area contributed by atoms with E-state index < -0.39 is 11.3 Å². The molecule has 1 heterocycles. The van der Waals surface area contributed by atoms with Crippen LogP contribution in [0, 0.1) is 0 Å². The summed E-state index contributed by atoms with van der Waals surface area (Å²) in [5, 5.41) is 13.4. The molecule has 3 unspecified atom stereocenters. The third-order valence-electron chi connectivity index (χ3n) is 5.88. The molecule has 0 radical (unpaired) electrons. The van der Waals surface area contributed by atoms with Gasteiger partial charge in [-0.15, -0.1) is 0 Å². The van der Waals surface area contributed by atoms with Crippen LogP contribution >= 0.6 is 0 Å². The van der Waals surface area contributed by atoms with Gasteiger partial charge >= 0.3 is 0 Å². The normalized spacial score (nSPS) is 31.5. The zero-order valence-electron chi connectivity index (χ0n) is 15.3. The highest BCUT2D eigenvalue weighted by molar-refractivity contribution is 6.08. The molecule has 2 aromatic carbocycles. The van der Waals surface area contributed by atoms with Gasteiger partial charge in [0.05, 0.1) is 5.92 Å². The van der Waals surface area contributed by atoms with E-state index in [1.807, 2.05) is 13.8 Å². The fraction of sp³-hybridized carbons (Fsp3) is 0.476. The monoisotopic (exact) mass is 323 g/mol. The number of nitrogens with zero attached hydrogens (tertiary/aromatic N) is 1. The number of aliphatic imine (C=N–C) groups is 1. The van der Waals surface area contributed by atoms with Gasteiger partial charge in [0.15, 0.2) is 0 Å². The maximum atomic E-state index is 11.0. The summed E-state index contributed by atoms with van der Waals surface area (Å²) >= 11 is 0. The van der Waals surface area contributed by atoms with Gasteiger partial charge in [-0.1, -0.05) is 45.0 Å². The highest BCUT2D eigenvalue weighted by atomic mass is 16.6. The Kier molecular flexibility index (Phi) is 2.94. The molecule has 1 fully saturated rings. The Morgan fingerprint density at radius 2 is 1.79 bits per heavy atom. The van der Waals surface area contributed by atoms with E-state index in [0.717, 1.165) is 11.3 Å². The molecule has 0 bridgehead atoms. The Bertz CT molecular complexity index is 893. The lowest BCUT2D eigenvalue weighted by Crippen LogP contribution is -2.24. The molecule has 24 heavy (non-hydrogen) atoms. The first-order valence-electron chi connectivity index (χ1n) is 8.55. The number of hydrogen-bond donors (Lipinski definition) is 1. The molecule has 1 saturated carbocycles. The molecule has 0 saturated heterocycles. The number of aliphatic hydroxyl groups is 1. The molecule has 0 amide bonds. The number of rotatable bonds is 1. The van der Waals surface area contributed by atoms with Gasteiger partial charge in [-0.3, -0.25) is 4.99 Å². The molecule has 3 atom stereocenters. The van der Waals surface area contributed by atoms with Crippen LogP contribution in [0.5, 0.6) is 0 Å². The molecule has 3 heteroatoms. The molecule has 2 aliphatic rings. The second kappa shape index (κ2) is 4.47. The van der Waals surface area contributed by atoms with Crippen LogP contribution in [-0.4, -0.2) is 29.3 Å². The zero-order valence-corrected chi connectivity index (χ0v) is 15.3. The van der Waals surface area contributed by atoms with Gasteiger partial charge in [-0.2, -0.15) is 0 Å². The molecule has 1 aliphatic carbocycles. The van der Waals surface area contributed by atoms with Crippen LogP contribution in [0.25, 0.3) is 10.8 Å². The Hall–Kier alpha value is -1.71. The van der Waals surface area contributed by atoms with Crippen molar-refractivity contribution in [3.63, 3.8) is 0 Å². The van der Waals surface area contributed by atoms with E-state index >= 15 is 0 Å². The van der Waals surface area contributed by atoms with Crippen molar-refractivity contribution >= 4 is 16.5 Å². The molecule has 0 spiro atoms. The minimum Gasteiger partial charge on any atom is -0.363 e. The van der Waals surface area contributed by atoms with Crippen LogP contribution < -0.4 is 0 Å².